The number of hydrogen-bond donors (Lipinski definition) is 0. The van der Waals surface area contributed by atoms with Gasteiger partial charge in [-0.2, -0.15) is 0 Å². The molecule has 10 heterocycles. The minimum atomic E-state index is -0.104. The summed E-state index contributed by atoms with van der Waals surface area (Å²) in [5, 5.41) is 9.92. The summed E-state index contributed by atoms with van der Waals surface area (Å²) in [6, 6.07) is 148. The van der Waals surface area contributed by atoms with Crippen molar-refractivity contribution in [3.05, 3.63) is 466 Å². The topological polar surface area (TPSA) is 136 Å². The maximum atomic E-state index is 5.28. The van der Waals surface area contributed by atoms with Crippen LogP contribution < -0.4 is 0 Å². The first-order chi connectivity index (χ1) is 68.4. The van der Waals surface area contributed by atoms with Gasteiger partial charge in [0.15, 0.2) is 11.6 Å². The van der Waals surface area contributed by atoms with E-state index in [1.54, 1.807) is 0 Å². The van der Waals surface area contributed by atoms with E-state index in [2.05, 4.69) is 386 Å². The molecule has 0 saturated heterocycles. The molecule has 138 heavy (non-hydrogen) atoms. The number of rotatable bonds is 15. The van der Waals surface area contributed by atoms with Crippen molar-refractivity contribution >= 4 is 87.2 Å². The van der Waals surface area contributed by atoms with Gasteiger partial charge < -0.3 is 13.7 Å². The monoisotopic (exact) mass is 1780 g/mol. The molecule has 0 aliphatic heterocycles. The molecule has 0 radical (unpaired) electrons. The van der Waals surface area contributed by atoms with Crippen LogP contribution in [0.4, 0.5) is 0 Å². The first kappa shape index (κ1) is 82.8. The zero-order valence-electron chi connectivity index (χ0n) is 76.1. The maximum absolute atomic E-state index is 5.28. The van der Waals surface area contributed by atoms with Crippen LogP contribution >= 0.6 is 0 Å². The van der Waals surface area contributed by atoms with Crippen LogP contribution in [0.5, 0.6) is 0 Å². The van der Waals surface area contributed by atoms with E-state index < -0.39 is 0 Å². The van der Waals surface area contributed by atoms with Gasteiger partial charge in [0.25, 0.3) is 0 Å². The van der Waals surface area contributed by atoms with Gasteiger partial charge in [-0.15, -0.1) is 0 Å². The third-order valence-electron chi connectivity index (χ3n) is 29.2. The van der Waals surface area contributed by atoms with Crippen LogP contribution in [-0.2, 0) is 5.41 Å². The average Bonchev–Trinajstić information content (AvgIpc) is 1.51. The second kappa shape index (κ2) is 35.7. The Kier molecular flexibility index (Phi) is 21.5. The normalized spacial score (nSPS) is 15.6. The molecule has 0 spiro atoms. The fourth-order valence-electron chi connectivity index (χ4n) is 22.7. The minimum Gasteiger partial charge on any atom is -0.309 e. The van der Waals surface area contributed by atoms with Gasteiger partial charge in [0, 0.05) is 124 Å². The van der Waals surface area contributed by atoms with Gasteiger partial charge in [0.05, 0.1) is 78.3 Å². The Morgan fingerprint density at radius 3 is 1.05 bits per heavy atom. The number of hydrogen-bond acceptors (Lipinski definition) is 9. The Morgan fingerprint density at radius 1 is 0.246 bits per heavy atom. The highest BCUT2D eigenvalue weighted by Gasteiger charge is 2.45. The summed E-state index contributed by atoms with van der Waals surface area (Å²) in [7, 11) is 0. The van der Waals surface area contributed by atoms with Crippen molar-refractivity contribution in [2.24, 2.45) is 11.8 Å². The fourth-order valence-corrected chi connectivity index (χ4v) is 22.7. The smallest absolute Gasteiger partial charge is 0.234 e. The van der Waals surface area contributed by atoms with E-state index in [4.69, 9.17) is 34.9 Å². The van der Waals surface area contributed by atoms with Crippen LogP contribution in [0, 0.1) is 11.8 Å². The molecule has 4 fully saturated rings. The number of aromatic nitrogens is 13. The molecule has 10 aromatic heterocycles. The van der Waals surface area contributed by atoms with E-state index >= 15 is 0 Å². The standard InChI is InChI=1S/C45H29N5.C41H34N4.C39H32N4/c1-3-13-31(14-4-1)39-27-38-37-19-9-12-22-42(37)50(44(38)43(48-39)32-15-5-2-6-16-32)45-46-28-33(29-47-45)30-23-25-34(26-24-30)49-40-20-10-7-17-35(40)36-18-8-11-21-41(36)49;1-3-11-28(12-4-1)39-42-40(29-13-5-2-6-14-29)44-41(43-39)36-26-30-19-20-31(36)25-35(30)27-21-23-32(24-22-27)45-37-17-9-7-15-33(37)34-16-8-10-18-38(34)45;1-8-22-39(23-9-1,29-26-35(33-14-6-10-24-40-33)42-36(27-29)34-15-7-11-25-41-34)28-18-20-30(21-19-28)43-37-16-4-2-12-31(37)32-13-3-5-17-38(32)43/h1-29H;1-18,21-24,30-31,35-36H,19-20,25-26H2;2-7,10-21,24-27H,1,8-9,22-23H2. The molecule has 660 valence electrons. The number of benzene rings is 14. The lowest BCUT2D eigenvalue weighted by Gasteiger charge is -2.47. The summed E-state index contributed by atoms with van der Waals surface area (Å²) in [6.07, 6.45) is 18.3. The molecule has 14 aromatic carbocycles. The van der Waals surface area contributed by atoms with Gasteiger partial charge in [0.1, 0.15) is 5.82 Å². The first-order valence-electron chi connectivity index (χ1n) is 48.3. The highest BCUT2D eigenvalue weighted by molar-refractivity contribution is 6.15. The zero-order valence-corrected chi connectivity index (χ0v) is 76.1. The molecule has 13 nitrogen and oxygen atoms in total. The molecule has 24 aromatic rings. The van der Waals surface area contributed by atoms with E-state index in [-0.39, 0.29) is 5.41 Å². The van der Waals surface area contributed by atoms with Crippen LogP contribution in [0.25, 0.3) is 189 Å². The summed E-state index contributed by atoms with van der Waals surface area (Å²) < 4.78 is 9.29. The van der Waals surface area contributed by atoms with Crippen molar-refractivity contribution in [2.75, 3.05) is 0 Å². The highest BCUT2D eigenvalue weighted by Crippen LogP contribution is 2.56. The lowest BCUT2D eigenvalue weighted by atomic mass is 9.58. The van der Waals surface area contributed by atoms with Gasteiger partial charge >= 0.3 is 0 Å². The highest BCUT2D eigenvalue weighted by atomic mass is 15.2. The van der Waals surface area contributed by atoms with Crippen molar-refractivity contribution in [1.29, 1.82) is 0 Å². The zero-order chi connectivity index (χ0) is 91.4. The number of fused-ring (bicyclic) bond motifs is 15. The molecular formula is C125H95N13. The summed E-state index contributed by atoms with van der Waals surface area (Å²) in [5.41, 5.74) is 28.5. The van der Waals surface area contributed by atoms with Crippen LogP contribution in [0.1, 0.15) is 92.1 Å². The second-order valence-corrected chi connectivity index (χ2v) is 37.0. The maximum Gasteiger partial charge on any atom is 0.234 e. The van der Waals surface area contributed by atoms with Crippen molar-refractivity contribution in [1.82, 2.24) is 63.1 Å². The summed E-state index contributed by atoms with van der Waals surface area (Å²) in [5.74, 6) is 5.28. The third kappa shape index (κ3) is 15.1. The minimum absolute atomic E-state index is 0.104. The quantitative estimate of drug-likeness (QED) is 0.0983. The molecule has 2 bridgehead atoms. The Balaban J connectivity index is 0.000000110. The van der Waals surface area contributed by atoms with E-state index in [0.717, 1.165) is 132 Å². The lowest BCUT2D eigenvalue weighted by molar-refractivity contribution is 0.113. The van der Waals surface area contributed by atoms with Gasteiger partial charge in [-0.1, -0.05) is 317 Å². The molecule has 4 saturated carbocycles. The second-order valence-electron chi connectivity index (χ2n) is 37.0. The molecule has 28 rings (SSSR count). The van der Waals surface area contributed by atoms with Crippen LogP contribution in [-0.4, -0.2) is 63.1 Å². The predicted molar refractivity (Wildman–Crippen MR) is 563 cm³/mol. The molecule has 13 heteroatoms. The Labute approximate surface area is 799 Å². The summed E-state index contributed by atoms with van der Waals surface area (Å²) in [4.78, 5) is 44.9. The van der Waals surface area contributed by atoms with Gasteiger partial charge in [0.2, 0.25) is 5.95 Å². The SMILES string of the molecule is c1ccc(-c2cc(C3(c4ccc(-n5c6ccccc6c6ccccc65)cc4)CCCCC3)cc(-c3ccccn3)n2)nc1.c1ccc(-c2cc3c4ccccc4n(-c4ncc(-c5ccc(-n6c7ccccc7c7ccccc76)cc5)cn4)c3c(-c3ccccc3)n2)cc1.c1ccc(-c2nc(-c3ccccc3)nc(C3CC4CCC3CC4c3ccc(-n4c5ccccc5c5ccccc54)cc3)n2)cc1. The van der Waals surface area contributed by atoms with Crippen LogP contribution in [0.2, 0.25) is 0 Å². The van der Waals surface area contributed by atoms with Crippen molar-refractivity contribution in [3.63, 3.8) is 0 Å². The van der Waals surface area contributed by atoms with Gasteiger partial charge in [-0.3, -0.25) is 14.5 Å². The Morgan fingerprint density at radius 2 is 0.623 bits per heavy atom. The lowest BCUT2D eigenvalue weighted by Crippen LogP contribution is -2.36. The van der Waals surface area contributed by atoms with Crippen LogP contribution in [0.15, 0.2) is 443 Å². The van der Waals surface area contributed by atoms with Crippen molar-refractivity contribution < 1.29 is 0 Å². The molecule has 0 N–H and O–H groups in total. The van der Waals surface area contributed by atoms with Crippen LogP contribution in [0.3, 0.4) is 0 Å². The molecule has 4 atom stereocenters. The Hall–Kier alpha value is -17.0. The molecular weight excluding hydrogens is 1680 g/mol. The number of pyridine rings is 4. The largest absolute Gasteiger partial charge is 0.309 e. The average molecular weight is 1780 g/mol. The predicted octanol–water partition coefficient (Wildman–Crippen LogP) is 30.6. The Bertz CT molecular complexity index is 8320. The summed E-state index contributed by atoms with van der Waals surface area (Å²) >= 11 is 0. The fraction of sp³-hybridized carbons (Fsp3) is 0.112. The van der Waals surface area contributed by atoms with E-state index in [1.165, 1.54) is 132 Å². The number of para-hydroxylation sites is 7. The van der Waals surface area contributed by atoms with Crippen molar-refractivity contribution in [2.45, 2.75) is 75.0 Å². The molecule has 4 aliphatic carbocycles. The summed E-state index contributed by atoms with van der Waals surface area (Å²) in [6.45, 7) is 0. The molecule has 4 unspecified atom stereocenters. The third-order valence-corrected chi connectivity index (χ3v) is 29.2. The first-order valence-corrected chi connectivity index (χ1v) is 48.3. The van der Waals surface area contributed by atoms with E-state index in [0.29, 0.717) is 29.6 Å². The van der Waals surface area contributed by atoms with E-state index in [1.807, 2.05) is 85.5 Å². The van der Waals surface area contributed by atoms with Gasteiger partial charge in [-0.25, -0.2) is 34.9 Å². The van der Waals surface area contributed by atoms with Crippen molar-refractivity contribution in [3.8, 4) is 102 Å². The molecule has 4 aliphatic rings. The van der Waals surface area contributed by atoms with Gasteiger partial charge in [-0.05, 0) is 200 Å². The van der Waals surface area contributed by atoms with E-state index in [9.17, 15) is 0 Å². The number of nitrogens with zero attached hydrogens (tertiary/aromatic N) is 13. The molecule has 0 amide bonds.